The van der Waals surface area contributed by atoms with Crippen molar-refractivity contribution in [3.63, 3.8) is 0 Å². The van der Waals surface area contributed by atoms with E-state index in [-0.39, 0.29) is 12.4 Å². The average Bonchev–Trinajstić information content (AvgIpc) is 3.13. The van der Waals surface area contributed by atoms with Gasteiger partial charge < -0.3 is 15.2 Å². The minimum absolute atomic E-state index is 0. The molecule has 1 atom stereocenters. The van der Waals surface area contributed by atoms with E-state index in [9.17, 15) is 5.11 Å². The summed E-state index contributed by atoms with van der Waals surface area (Å²) >= 11 is 0. The summed E-state index contributed by atoms with van der Waals surface area (Å²) in [6.07, 6.45) is 4.57. The third-order valence-electron chi connectivity index (χ3n) is 4.40. The van der Waals surface area contributed by atoms with Gasteiger partial charge in [0.15, 0.2) is 0 Å². The predicted octanol–water partition coefficient (Wildman–Crippen LogP) is 4.05. The molecule has 0 aliphatic heterocycles. The number of aliphatic hydroxyl groups is 1. The Morgan fingerprint density at radius 1 is 1.00 bits per heavy atom. The largest absolute Gasteiger partial charge is 0.490 e. The van der Waals surface area contributed by atoms with E-state index in [1.807, 2.05) is 42.5 Å². The van der Waals surface area contributed by atoms with Gasteiger partial charge in [0, 0.05) is 18.2 Å². The maximum atomic E-state index is 10.1. The smallest absolute Gasteiger partial charge is 0.127 e. The van der Waals surface area contributed by atoms with E-state index < -0.39 is 6.10 Å². The first-order valence-corrected chi connectivity index (χ1v) is 8.51. The minimum Gasteiger partial charge on any atom is -0.490 e. The van der Waals surface area contributed by atoms with Crippen LogP contribution in [-0.2, 0) is 0 Å². The van der Waals surface area contributed by atoms with Crippen LogP contribution in [0.15, 0.2) is 54.6 Å². The quantitative estimate of drug-likeness (QED) is 0.794. The van der Waals surface area contributed by atoms with E-state index in [1.165, 1.54) is 25.7 Å². The van der Waals surface area contributed by atoms with Gasteiger partial charge in [-0.2, -0.15) is 0 Å². The fourth-order valence-corrected chi connectivity index (χ4v) is 3.13. The van der Waals surface area contributed by atoms with Gasteiger partial charge in [-0.25, -0.2) is 0 Å². The van der Waals surface area contributed by atoms with Crippen LogP contribution >= 0.6 is 12.4 Å². The molecule has 130 valence electrons. The van der Waals surface area contributed by atoms with Crippen LogP contribution in [0, 0.1) is 0 Å². The van der Waals surface area contributed by atoms with Crippen LogP contribution in [0.1, 0.15) is 25.7 Å². The molecular formula is C20H26ClNO2. The van der Waals surface area contributed by atoms with E-state index in [0.717, 1.165) is 16.9 Å². The lowest BCUT2D eigenvalue weighted by molar-refractivity contribution is 0.104. The zero-order valence-electron chi connectivity index (χ0n) is 13.9. The van der Waals surface area contributed by atoms with Crippen LogP contribution < -0.4 is 10.1 Å². The maximum Gasteiger partial charge on any atom is 0.127 e. The molecule has 0 heterocycles. The van der Waals surface area contributed by atoms with Crippen LogP contribution in [0.25, 0.3) is 11.1 Å². The Hall–Kier alpha value is -1.55. The number of nitrogens with one attached hydrogen (secondary N) is 1. The monoisotopic (exact) mass is 347 g/mol. The molecule has 1 aliphatic carbocycles. The Bertz CT molecular complexity index is 600. The lowest BCUT2D eigenvalue weighted by atomic mass is 10.1. The minimum atomic E-state index is -0.487. The molecule has 4 heteroatoms. The summed E-state index contributed by atoms with van der Waals surface area (Å²) in [5, 5.41) is 13.6. The molecule has 0 amide bonds. The molecule has 3 nitrogen and oxygen atoms in total. The van der Waals surface area contributed by atoms with Crippen molar-refractivity contribution in [3.8, 4) is 16.9 Å². The zero-order chi connectivity index (χ0) is 15.9. The lowest BCUT2D eigenvalue weighted by Crippen LogP contribution is -2.36. The van der Waals surface area contributed by atoms with Crippen LogP contribution in [0.4, 0.5) is 0 Å². The maximum absolute atomic E-state index is 10.1. The van der Waals surface area contributed by atoms with E-state index in [0.29, 0.717) is 19.2 Å². The summed E-state index contributed by atoms with van der Waals surface area (Å²) in [4.78, 5) is 0. The van der Waals surface area contributed by atoms with Crippen LogP contribution in [0.3, 0.4) is 0 Å². The summed E-state index contributed by atoms with van der Waals surface area (Å²) in [7, 11) is 0. The molecule has 1 unspecified atom stereocenters. The number of para-hydroxylation sites is 1. The number of aliphatic hydroxyl groups excluding tert-OH is 1. The van der Waals surface area contributed by atoms with E-state index in [4.69, 9.17) is 4.74 Å². The Labute approximate surface area is 150 Å². The Balaban J connectivity index is 0.00000208. The fraction of sp³-hybridized carbons (Fsp3) is 0.400. The van der Waals surface area contributed by atoms with Crippen molar-refractivity contribution in [1.29, 1.82) is 0 Å². The molecule has 1 aliphatic rings. The van der Waals surface area contributed by atoms with Crippen LogP contribution in [-0.4, -0.2) is 30.4 Å². The summed E-state index contributed by atoms with van der Waals surface area (Å²) in [5.41, 5.74) is 2.19. The van der Waals surface area contributed by atoms with Gasteiger partial charge in [-0.05, 0) is 24.5 Å². The number of rotatable bonds is 7. The third-order valence-corrected chi connectivity index (χ3v) is 4.40. The fourth-order valence-electron chi connectivity index (χ4n) is 3.13. The first-order chi connectivity index (χ1) is 11.3. The molecular weight excluding hydrogens is 322 g/mol. The van der Waals surface area contributed by atoms with E-state index >= 15 is 0 Å². The van der Waals surface area contributed by atoms with Crippen molar-refractivity contribution in [2.24, 2.45) is 0 Å². The molecule has 2 aromatic carbocycles. The highest BCUT2D eigenvalue weighted by atomic mass is 35.5. The second-order valence-corrected chi connectivity index (χ2v) is 6.22. The van der Waals surface area contributed by atoms with Gasteiger partial charge in [0.25, 0.3) is 0 Å². The van der Waals surface area contributed by atoms with Gasteiger partial charge in [-0.15, -0.1) is 12.4 Å². The highest BCUT2D eigenvalue weighted by molar-refractivity contribution is 5.85. The molecule has 1 fully saturated rings. The van der Waals surface area contributed by atoms with Gasteiger partial charge >= 0.3 is 0 Å². The summed E-state index contributed by atoms with van der Waals surface area (Å²) in [6, 6.07) is 18.7. The summed E-state index contributed by atoms with van der Waals surface area (Å²) in [5.74, 6) is 0.818. The molecule has 0 aromatic heterocycles. The van der Waals surface area contributed by atoms with Crippen molar-refractivity contribution < 1.29 is 9.84 Å². The normalized spacial score (nSPS) is 15.7. The number of halogens is 1. The van der Waals surface area contributed by atoms with Gasteiger partial charge in [-0.3, -0.25) is 0 Å². The molecule has 24 heavy (non-hydrogen) atoms. The molecule has 0 saturated heterocycles. The number of ether oxygens (including phenoxy) is 1. The van der Waals surface area contributed by atoms with Crippen LogP contribution in [0.5, 0.6) is 5.75 Å². The van der Waals surface area contributed by atoms with Crippen molar-refractivity contribution >= 4 is 12.4 Å². The van der Waals surface area contributed by atoms with E-state index in [1.54, 1.807) is 0 Å². The number of hydrogen-bond acceptors (Lipinski definition) is 3. The van der Waals surface area contributed by atoms with Crippen molar-refractivity contribution in [2.75, 3.05) is 13.2 Å². The standard InChI is InChI=1S/C20H25NO2.ClH/c22-18(14-21-17-10-4-5-11-17)15-23-20-13-7-6-12-19(20)16-8-2-1-3-9-16;/h1-3,6-9,12-13,17-18,21-22H,4-5,10-11,14-15H2;1H. The molecule has 0 bridgehead atoms. The number of hydrogen-bond donors (Lipinski definition) is 2. The van der Waals surface area contributed by atoms with Crippen LogP contribution in [0.2, 0.25) is 0 Å². The van der Waals surface area contributed by atoms with Gasteiger partial charge in [-0.1, -0.05) is 61.4 Å². The molecule has 3 rings (SSSR count). The second kappa shape index (κ2) is 9.67. The van der Waals surface area contributed by atoms with Gasteiger partial charge in [0.05, 0.1) is 0 Å². The summed E-state index contributed by atoms with van der Waals surface area (Å²) < 4.78 is 5.88. The number of benzene rings is 2. The molecule has 1 saturated carbocycles. The van der Waals surface area contributed by atoms with Gasteiger partial charge in [0.2, 0.25) is 0 Å². The van der Waals surface area contributed by atoms with E-state index in [2.05, 4.69) is 17.4 Å². The topological polar surface area (TPSA) is 41.5 Å². The zero-order valence-corrected chi connectivity index (χ0v) is 14.7. The molecule has 0 spiro atoms. The Morgan fingerprint density at radius 3 is 2.42 bits per heavy atom. The van der Waals surface area contributed by atoms with Crippen molar-refractivity contribution in [1.82, 2.24) is 5.32 Å². The first-order valence-electron chi connectivity index (χ1n) is 8.51. The summed E-state index contributed by atoms with van der Waals surface area (Å²) in [6.45, 7) is 0.905. The highest BCUT2D eigenvalue weighted by Crippen LogP contribution is 2.29. The predicted molar refractivity (Wildman–Crippen MR) is 101 cm³/mol. The Morgan fingerprint density at radius 2 is 1.67 bits per heavy atom. The molecule has 0 radical (unpaired) electrons. The SMILES string of the molecule is Cl.OC(CNC1CCCC1)COc1ccccc1-c1ccccc1. The second-order valence-electron chi connectivity index (χ2n) is 6.22. The average molecular weight is 348 g/mol. The first kappa shape index (κ1) is 18.8. The Kier molecular flexibility index (Phi) is 7.57. The van der Waals surface area contributed by atoms with Crippen molar-refractivity contribution in [2.45, 2.75) is 37.8 Å². The molecule has 2 N–H and O–H groups in total. The highest BCUT2D eigenvalue weighted by Gasteiger charge is 2.16. The molecule has 2 aromatic rings. The lowest BCUT2D eigenvalue weighted by Gasteiger charge is -2.18. The van der Waals surface area contributed by atoms with Gasteiger partial charge in [0.1, 0.15) is 18.5 Å². The third kappa shape index (κ3) is 5.23. The van der Waals surface area contributed by atoms with Crippen molar-refractivity contribution in [3.05, 3.63) is 54.6 Å².